The number of nitrogen functional groups attached to an aromatic ring is 1. The van der Waals surface area contributed by atoms with Gasteiger partial charge in [-0.25, -0.2) is 0 Å². The molecule has 0 aliphatic carbocycles. The Morgan fingerprint density at radius 3 is 2.88 bits per heavy atom. The highest BCUT2D eigenvalue weighted by atomic mass is 79.9. The Kier molecular flexibility index (Phi) is 5.15. The molecule has 0 aromatic heterocycles. The van der Waals surface area contributed by atoms with Crippen LogP contribution in [-0.4, -0.2) is 17.8 Å². The SMILES string of the molecule is CCOC(=O)C(C)Sc1ccc(N)cc1Br. The van der Waals surface area contributed by atoms with Gasteiger partial charge in [-0.05, 0) is 48.0 Å². The summed E-state index contributed by atoms with van der Waals surface area (Å²) < 4.78 is 5.84. The number of nitrogens with two attached hydrogens (primary N) is 1. The van der Waals surface area contributed by atoms with E-state index in [2.05, 4.69) is 15.9 Å². The lowest BCUT2D eigenvalue weighted by Crippen LogP contribution is -2.16. The number of hydrogen-bond donors (Lipinski definition) is 1. The summed E-state index contributed by atoms with van der Waals surface area (Å²) >= 11 is 4.86. The van der Waals surface area contributed by atoms with Gasteiger partial charge in [-0.2, -0.15) is 0 Å². The molecular formula is C11H14BrNO2S. The highest BCUT2D eigenvalue weighted by molar-refractivity contribution is 9.10. The standard InChI is InChI=1S/C11H14BrNO2S/c1-3-15-11(14)7(2)16-10-5-4-8(13)6-9(10)12/h4-7H,3,13H2,1-2H3. The molecule has 0 amide bonds. The van der Waals surface area contributed by atoms with Crippen molar-refractivity contribution in [3.8, 4) is 0 Å². The summed E-state index contributed by atoms with van der Waals surface area (Å²) in [6.07, 6.45) is 0. The van der Waals surface area contributed by atoms with E-state index in [4.69, 9.17) is 10.5 Å². The van der Waals surface area contributed by atoms with Crippen LogP contribution in [0.4, 0.5) is 5.69 Å². The first-order chi connectivity index (χ1) is 7.54. The van der Waals surface area contributed by atoms with Crippen LogP contribution >= 0.6 is 27.7 Å². The van der Waals surface area contributed by atoms with Gasteiger partial charge in [0.2, 0.25) is 0 Å². The molecule has 1 aromatic carbocycles. The van der Waals surface area contributed by atoms with E-state index >= 15 is 0 Å². The van der Waals surface area contributed by atoms with Crippen molar-refractivity contribution >= 4 is 39.3 Å². The maximum absolute atomic E-state index is 11.4. The average Bonchev–Trinajstić information content (AvgIpc) is 2.22. The molecule has 5 heteroatoms. The fourth-order valence-corrected chi connectivity index (χ4v) is 2.65. The van der Waals surface area contributed by atoms with Gasteiger partial charge in [-0.1, -0.05) is 0 Å². The molecule has 1 atom stereocenters. The maximum atomic E-state index is 11.4. The number of carbonyl (C=O) groups is 1. The van der Waals surface area contributed by atoms with Crippen LogP contribution in [0, 0.1) is 0 Å². The topological polar surface area (TPSA) is 52.3 Å². The van der Waals surface area contributed by atoms with Crippen LogP contribution in [0.3, 0.4) is 0 Å². The second kappa shape index (κ2) is 6.15. The van der Waals surface area contributed by atoms with Crippen molar-refractivity contribution in [2.24, 2.45) is 0 Å². The Morgan fingerprint density at radius 1 is 1.62 bits per heavy atom. The van der Waals surface area contributed by atoms with Crippen molar-refractivity contribution in [1.82, 2.24) is 0 Å². The average molecular weight is 304 g/mol. The van der Waals surface area contributed by atoms with Crippen LogP contribution < -0.4 is 5.73 Å². The fourth-order valence-electron chi connectivity index (χ4n) is 1.11. The third-order valence-electron chi connectivity index (χ3n) is 1.88. The molecule has 3 nitrogen and oxygen atoms in total. The molecule has 0 fully saturated rings. The molecule has 0 saturated heterocycles. The summed E-state index contributed by atoms with van der Waals surface area (Å²) in [6, 6.07) is 5.52. The second-order valence-corrected chi connectivity index (χ2v) is 5.44. The molecule has 0 radical (unpaired) electrons. The monoisotopic (exact) mass is 303 g/mol. The smallest absolute Gasteiger partial charge is 0.319 e. The van der Waals surface area contributed by atoms with Gasteiger partial charge < -0.3 is 10.5 Å². The zero-order valence-electron chi connectivity index (χ0n) is 9.20. The summed E-state index contributed by atoms with van der Waals surface area (Å²) in [4.78, 5) is 12.4. The number of thioether (sulfide) groups is 1. The predicted molar refractivity (Wildman–Crippen MR) is 70.5 cm³/mol. The first kappa shape index (κ1) is 13.4. The van der Waals surface area contributed by atoms with Gasteiger partial charge in [0.15, 0.2) is 0 Å². The number of benzene rings is 1. The molecule has 1 unspecified atom stereocenters. The fraction of sp³-hybridized carbons (Fsp3) is 0.364. The number of hydrogen-bond acceptors (Lipinski definition) is 4. The lowest BCUT2D eigenvalue weighted by Gasteiger charge is -2.11. The van der Waals surface area contributed by atoms with E-state index in [-0.39, 0.29) is 11.2 Å². The normalized spacial score (nSPS) is 12.2. The van der Waals surface area contributed by atoms with Crippen molar-refractivity contribution in [2.45, 2.75) is 24.0 Å². The molecule has 88 valence electrons. The maximum Gasteiger partial charge on any atom is 0.319 e. The first-order valence-electron chi connectivity index (χ1n) is 4.93. The summed E-state index contributed by atoms with van der Waals surface area (Å²) in [5.41, 5.74) is 6.33. The molecule has 2 N–H and O–H groups in total. The third-order valence-corrected chi connectivity index (χ3v) is 3.95. The van der Waals surface area contributed by atoms with E-state index in [1.54, 1.807) is 6.92 Å². The number of esters is 1. The molecule has 0 aliphatic heterocycles. The van der Waals surface area contributed by atoms with Gasteiger partial charge in [0.05, 0.1) is 6.61 Å². The Bertz CT molecular complexity index is 384. The zero-order valence-corrected chi connectivity index (χ0v) is 11.6. The molecule has 0 saturated carbocycles. The predicted octanol–water partition coefficient (Wildman–Crippen LogP) is 3.08. The number of carbonyl (C=O) groups excluding carboxylic acids is 1. The summed E-state index contributed by atoms with van der Waals surface area (Å²) in [6.45, 7) is 4.03. The molecule has 1 aromatic rings. The van der Waals surface area contributed by atoms with Gasteiger partial charge in [-0.3, -0.25) is 4.79 Å². The molecular weight excluding hydrogens is 290 g/mol. The number of ether oxygens (including phenoxy) is 1. The highest BCUT2D eigenvalue weighted by Crippen LogP contribution is 2.32. The largest absolute Gasteiger partial charge is 0.465 e. The molecule has 1 rings (SSSR count). The van der Waals surface area contributed by atoms with Crippen molar-refractivity contribution in [1.29, 1.82) is 0 Å². The van der Waals surface area contributed by atoms with E-state index in [0.29, 0.717) is 12.3 Å². The molecule has 0 aliphatic rings. The number of anilines is 1. The Labute approximate surface area is 108 Å². The van der Waals surface area contributed by atoms with Crippen molar-refractivity contribution in [2.75, 3.05) is 12.3 Å². The first-order valence-corrected chi connectivity index (χ1v) is 6.60. The highest BCUT2D eigenvalue weighted by Gasteiger charge is 2.16. The third kappa shape index (κ3) is 3.72. The van der Waals surface area contributed by atoms with Crippen LogP contribution in [0.25, 0.3) is 0 Å². The van der Waals surface area contributed by atoms with Crippen molar-refractivity contribution in [3.05, 3.63) is 22.7 Å². The van der Waals surface area contributed by atoms with E-state index in [1.807, 2.05) is 25.1 Å². The van der Waals surface area contributed by atoms with Crippen LogP contribution in [0.2, 0.25) is 0 Å². The van der Waals surface area contributed by atoms with E-state index < -0.39 is 0 Å². The molecule has 0 heterocycles. The Morgan fingerprint density at radius 2 is 2.31 bits per heavy atom. The van der Waals surface area contributed by atoms with Crippen LogP contribution in [0.1, 0.15) is 13.8 Å². The molecule has 0 spiro atoms. The van der Waals surface area contributed by atoms with E-state index in [1.165, 1.54) is 11.8 Å². The minimum Gasteiger partial charge on any atom is -0.465 e. The van der Waals surface area contributed by atoms with Crippen molar-refractivity contribution in [3.63, 3.8) is 0 Å². The summed E-state index contributed by atoms with van der Waals surface area (Å²) in [5, 5.41) is -0.222. The minimum absolute atomic E-state index is 0.198. The van der Waals surface area contributed by atoms with E-state index in [9.17, 15) is 4.79 Å². The number of rotatable bonds is 4. The van der Waals surface area contributed by atoms with Gasteiger partial charge in [-0.15, -0.1) is 11.8 Å². The minimum atomic E-state index is -0.222. The summed E-state index contributed by atoms with van der Waals surface area (Å²) in [7, 11) is 0. The lowest BCUT2D eigenvalue weighted by atomic mass is 10.3. The molecule has 0 bridgehead atoms. The quantitative estimate of drug-likeness (QED) is 0.527. The summed E-state index contributed by atoms with van der Waals surface area (Å²) in [5.74, 6) is -0.198. The zero-order chi connectivity index (χ0) is 12.1. The van der Waals surface area contributed by atoms with E-state index in [0.717, 1.165) is 9.37 Å². The van der Waals surface area contributed by atoms with Gasteiger partial charge in [0.25, 0.3) is 0 Å². The number of halogens is 1. The Balaban J connectivity index is 2.69. The van der Waals surface area contributed by atoms with Gasteiger partial charge in [0, 0.05) is 15.1 Å². The van der Waals surface area contributed by atoms with Crippen LogP contribution in [0.15, 0.2) is 27.6 Å². The second-order valence-electron chi connectivity index (χ2n) is 3.20. The lowest BCUT2D eigenvalue weighted by molar-refractivity contribution is -0.142. The van der Waals surface area contributed by atoms with Crippen molar-refractivity contribution < 1.29 is 9.53 Å². The van der Waals surface area contributed by atoms with Crippen LogP contribution in [0.5, 0.6) is 0 Å². The van der Waals surface area contributed by atoms with Gasteiger partial charge in [0.1, 0.15) is 5.25 Å². The van der Waals surface area contributed by atoms with Gasteiger partial charge >= 0.3 is 5.97 Å². The molecule has 16 heavy (non-hydrogen) atoms. The Hall–Kier alpha value is -0.680. The van der Waals surface area contributed by atoms with Crippen LogP contribution in [-0.2, 0) is 9.53 Å².